The van der Waals surface area contributed by atoms with Gasteiger partial charge in [0.1, 0.15) is 23.6 Å². The molecule has 0 spiro atoms. The van der Waals surface area contributed by atoms with E-state index in [0.29, 0.717) is 17.1 Å². The Morgan fingerprint density at radius 1 is 1.09 bits per heavy atom. The summed E-state index contributed by atoms with van der Waals surface area (Å²) < 4.78 is 27.0. The van der Waals surface area contributed by atoms with E-state index in [1.54, 1.807) is 29.2 Å². The van der Waals surface area contributed by atoms with Crippen LogP contribution >= 0.6 is 0 Å². The van der Waals surface area contributed by atoms with E-state index in [2.05, 4.69) is 12.0 Å². The third-order valence-electron chi connectivity index (χ3n) is 5.19. The Kier molecular flexibility index (Phi) is 10.6. The summed E-state index contributed by atoms with van der Waals surface area (Å²) in [7, 11) is 0. The smallest absolute Gasteiger partial charge is 0.550 e. The van der Waals surface area contributed by atoms with Gasteiger partial charge in [0.15, 0.2) is 0 Å². The molecule has 0 saturated heterocycles. The summed E-state index contributed by atoms with van der Waals surface area (Å²) in [4.78, 5) is 17.0. The predicted octanol–water partition coefficient (Wildman–Crippen LogP) is -0.366. The van der Waals surface area contributed by atoms with Gasteiger partial charge in [-0.15, -0.1) is 0 Å². The molecule has 0 aliphatic carbocycles. The van der Waals surface area contributed by atoms with Crippen LogP contribution < -0.4 is 34.7 Å². The Bertz CT molecular complexity index is 1140. The first-order valence-electron chi connectivity index (χ1n) is 10.8. The van der Waals surface area contributed by atoms with E-state index in [1.807, 2.05) is 19.9 Å². The van der Waals surface area contributed by atoms with Crippen molar-refractivity contribution in [2.75, 3.05) is 0 Å². The number of benzene rings is 2. The van der Waals surface area contributed by atoms with Crippen molar-refractivity contribution in [3.8, 4) is 12.0 Å². The number of rotatable bonds is 7. The Morgan fingerprint density at radius 2 is 1.66 bits per heavy atom. The average Bonchev–Trinajstić information content (AvgIpc) is 2.77. The van der Waals surface area contributed by atoms with Crippen LogP contribution in [0.4, 0.5) is 8.78 Å². The van der Waals surface area contributed by atoms with Gasteiger partial charge in [0, 0.05) is 36.3 Å². The van der Waals surface area contributed by atoms with Crippen LogP contribution in [0.25, 0.3) is 5.70 Å². The molecule has 2 aromatic rings. The molecule has 2 N–H and O–H groups in total. The fraction of sp³-hybridized carbons (Fsp3) is 0.308. The van der Waals surface area contributed by atoms with Crippen molar-refractivity contribution in [2.45, 2.75) is 44.9 Å². The molecule has 0 aromatic heterocycles. The molecule has 3 atom stereocenters. The SMILES string of the molecule is CC(C)C1=NC(c2ccc(F)cc2)=CC(c2ccc(F)cc2)N1C#C[C@@H](O)C[C@@H](O)CC(=O)[O-].[Na+]. The van der Waals surface area contributed by atoms with Gasteiger partial charge < -0.3 is 20.1 Å². The van der Waals surface area contributed by atoms with Crippen molar-refractivity contribution < 1.29 is 58.5 Å². The molecule has 0 bridgehead atoms. The fourth-order valence-electron chi connectivity index (χ4n) is 3.54. The van der Waals surface area contributed by atoms with Gasteiger partial charge in [-0.3, -0.25) is 4.90 Å². The maximum absolute atomic E-state index is 13.6. The second-order valence-corrected chi connectivity index (χ2v) is 8.29. The van der Waals surface area contributed by atoms with Crippen LogP contribution in [0.2, 0.25) is 0 Å². The van der Waals surface area contributed by atoms with Gasteiger partial charge >= 0.3 is 29.6 Å². The van der Waals surface area contributed by atoms with Crippen LogP contribution in [0.5, 0.6) is 0 Å². The molecule has 0 amide bonds. The largest absolute Gasteiger partial charge is 1.00 e. The quantitative estimate of drug-likeness (QED) is 0.408. The number of hydrogen-bond acceptors (Lipinski definition) is 6. The van der Waals surface area contributed by atoms with Crippen LogP contribution in [-0.2, 0) is 4.79 Å². The molecule has 2 aromatic carbocycles. The van der Waals surface area contributed by atoms with Gasteiger partial charge in [0.05, 0.1) is 17.8 Å². The van der Waals surface area contributed by atoms with E-state index in [4.69, 9.17) is 4.99 Å². The molecule has 35 heavy (non-hydrogen) atoms. The molecule has 1 aliphatic heterocycles. The molecule has 9 heteroatoms. The van der Waals surface area contributed by atoms with Crippen LogP contribution in [0.15, 0.2) is 59.6 Å². The van der Waals surface area contributed by atoms with E-state index in [9.17, 15) is 28.9 Å². The third kappa shape index (κ3) is 7.99. The van der Waals surface area contributed by atoms with Gasteiger partial charge in [-0.1, -0.05) is 26.0 Å². The first-order chi connectivity index (χ1) is 16.1. The summed E-state index contributed by atoms with van der Waals surface area (Å²) in [5.41, 5.74) is 2.01. The second-order valence-electron chi connectivity index (χ2n) is 8.29. The van der Waals surface area contributed by atoms with E-state index in [-0.39, 0.29) is 47.7 Å². The minimum atomic E-state index is -1.42. The van der Waals surface area contributed by atoms with Crippen molar-refractivity contribution in [1.29, 1.82) is 0 Å². The summed E-state index contributed by atoms with van der Waals surface area (Å²) in [5, 5.41) is 30.6. The summed E-state index contributed by atoms with van der Waals surface area (Å²) in [6, 6.07) is 14.2. The monoisotopic (exact) mass is 490 g/mol. The number of aliphatic hydroxyl groups excluding tert-OH is 2. The fourth-order valence-corrected chi connectivity index (χ4v) is 3.54. The molecular formula is C26H25F2N2NaO4. The zero-order chi connectivity index (χ0) is 24.8. The number of hydrogen-bond donors (Lipinski definition) is 2. The Hall–Kier alpha value is -2.54. The van der Waals surface area contributed by atoms with Gasteiger partial charge in [-0.2, -0.15) is 0 Å². The van der Waals surface area contributed by atoms with Gasteiger partial charge in [-0.05, 0) is 54.0 Å². The number of carbonyl (C=O) groups excluding carboxylic acids is 1. The third-order valence-corrected chi connectivity index (χ3v) is 5.19. The maximum atomic E-state index is 13.6. The topological polar surface area (TPSA) is 96.2 Å². The summed E-state index contributed by atoms with van der Waals surface area (Å²) in [6.45, 7) is 3.84. The van der Waals surface area contributed by atoms with Crippen molar-refractivity contribution in [1.82, 2.24) is 4.90 Å². The second kappa shape index (κ2) is 13.0. The first kappa shape index (κ1) is 28.7. The number of carboxylic acids is 1. The zero-order valence-corrected chi connectivity index (χ0v) is 21.8. The summed E-state index contributed by atoms with van der Waals surface area (Å²) in [6.07, 6.45) is -1.65. The maximum Gasteiger partial charge on any atom is 1.00 e. The van der Waals surface area contributed by atoms with Crippen LogP contribution in [0.1, 0.15) is 43.9 Å². The number of amidine groups is 1. The number of nitrogens with zero attached hydrogens (tertiary/aromatic N) is 2. The number of aliphatic hydroxyl groups is 2. The number of carboxylic acid groups (broad SMARTS) is 1. The Balaban J connectivity index is 0.00000432. The summed E-state index contributed by atoms with van der Waals surface area (Å²) >= 11 is 0. The van der Waals surface area contributed by atoms with Crippen molar-refractivity contribution in [3.05, 3.63) is 77.4 Å². The zero-order valence-electron chi connectivity index (χ0n) is 19.8. The van der Waals surface area contributed by atoms with Gasteiger partial charge in [0.25, 0.3) is 0 Å². The molecule has 0 fully saturated rings. The summed E-state index contributed by atoms with van der Waals surface area (Å²) in [5.74, 6) is 0.932. The number of aliphatic imine (C=N–C) groups is 1. The molecule has 3 rings (SSSR count). The van der Waals surface area contributed by atoms with Gasteiger partial charge in [-0.25, -0.2) is 13.8 Å². The standard InChI is InChI=1S/C26H26F2N2O4.Na/c1-16(2)26-29-23(17-3-7-19(27)8-4-17)15-24(18-5-9-20(28)10-6-18)30(26)12-11-21(31)13-22(32)14-25(33)34;/h3-10,15-16,21-22,24,31-32H,13-14H2,1-2H3,(H,33,34);/q;+1/p-1/t21-,22-,24?;/m1./s1. The predicted molar refractivity (Wildman–Crippen MR) is 122 cm³/mol. The van der Waals surface area contributed by atoms with E-state index in [1.165, 1.54) is 24.3 Å². The Morgan fingerprint density at radius 3 is 2.20 bits per heavy atom. The van der Waals surface area contributed by atoms with E-state index >= 15 is 0 Å². The molecule has 1 aliphatic rings. The molecule has 1 unspecified atom stereocenters. The van der Waals surface area contributed by atoms with Crippen molar-refractivity contribution in [3.63, 3.8) is 0 Å². The molecular weight excluding hydrogens is 465 g/mol. The first-order valence-corrected chi connectivity index (χ1v) is 10.8. The molecule has 6 nitrogen and oxygen atoms in total. The minimum absolute atomic E-state index is 0. The minimum Gasteiger partial charge on any atom is -0.550 e. The average molecular weight is 490 g/mol. The number of aliphatic carboxylic acids is 1. The van der Waals surface area contributed by atoms with Crippen LogP contribution in [-0.4, -0.2) is 39.1 Å². The Labute approximate surface area is 225 Å². The molecule has 0 saturated carbocycles. The normalized spacial score (nSPS) is 16.9. The number of halogens is 2. The van der Waals surface area contributed by atoms with Gasteiger partial charge in [0.2, 0.25) is 0 Å². The molecule has 0 radical (unpaired) electrons. The molecule has 178 valence electrons. The molecule has 1 heterocycles. The van der Waals surface area contributed by atoms with E-state index in [0.717, 1.165) is 5.56 Å². The van der Waals surface area contributed by atoms with E-state index < -0.39 is 36.5 Å². The van der Waals surface area contributed by atoms with Crippen molar-refractivity contribution >= 4 is 17.5 Å². The van der Waals surface area contributed by atoms with Crippen molar-refractivity contribution in [2.24, 2.45) is 10.9 Å². The van der Waals surface area contributed by atoms with Crippen LogP contribution in [0.3, 0.4) is 0 Å². The number of carbonyl (C=O) groups is 1. The van der Waals surface area contributed by atoms with Crippen LogP contribution in [0, 0.1) is 29.5 Å².